The highest BCUT2D eigenvalue weighted by Gasteiger charge is 2.11. The van der Waals surface area contributed by atoms with E-state index in [2.05, 4.69) is 65.4 Å². The Morgan fingerprint density at radius 2 is 1.71 bits per heavy atom. The van der Waals surface area contributed by atoms with Gasteiger partial charge in [0.2, 0.25) is 0 Å². The second-order valence-corrected chi connectivity index (χ2v) is 7.97. The molecule has 0 atom stereocenters. The van der Waals surface area contributed by atoms with E-state index in [1.54, 1.807) is 11.3 Å². The Labute approximate surface area is 174 Å². The zero-order valence-corrected chi connectivity index (χ0v) is 17.3. The molecule has 28 heavy (non-hydrogen) atoms. The Kier molecular flexibility index (Phi) is 5.75. The molecule has 0 spiro atoms. The van der Waals surface area contributed by atoms with Crippen LogP contribution in [0.5, 0.6) is 0 Å². The van der Waals surface area contributed by atoms with Gasteiger partial charge in [0, 0.05) is 22.5 Å². The summed E-state index contributed by atoms with van der Waals surface area (Å²) in [5, 5.41) is 2.91. The first-order valence-corrected chi connectivity index (χ1v) is 10.5. The van der Waals surface area contributed by atoms with Crippen molar-refractivity contribution in [3.63, 3.8) is 0 Å². The molecule has 0 unspecified atom stereocenters. The summed E-state index contributed by atoms with van der Waals surface area (Å²) in [5.74, 6) is 0. The van der Waals surface area contributed by atoms with E-state index in [1.165, 1.54) is 11.1 Å². The number of nitrogens with zero attached hydrogens (tertiary/aromatic N) is 2. The molecule has 4 heteroatoms. The minimum Gasteiger partial charge on any atom is -0.316 e. The maximum absolute atomic E-state index is 6.50. The molecule has 0 aliphatic rings. The Morgan fingerprint density at radius 3 is 2.50 bits per heavy atom. The van der Waals surface area contributed by atoms with E-state index in [0.717, 1.165) is 39.7 Å². The summed E-state index contributed by atoms with van der Waals surface area (Å²) in [6.07, 6.45) is 0.941. The largest absolute Gasteiger partial charge is 0.316 e. The molecule has 0 amide bonds. The average Bonchev–Trinajstić information content (AvgIpc) is 3.10. The molecule has 1 aromatic heterocycles. The number of aromatic nitrogens is 1. The fourth-order valence-corrected chi connectivity index (χ4v) is 4.39. The number of aryl methyl sites for hydroxylation is 2. The number of hydrogen-bond donors (Lipinski definition) is 0. The van der Waals surface area contributed by atoms with E-state index >= 15 is 0 Å². The average molecular weight is 405 g/mol. The van der Waals surface area contributed by atoms with E-state index < -0.39 is 0 Å². The maximum Gasteiger partial charge on any atom is 0.190 e. The second-order valence-electron chi connectivity index (χ2n) is 6.72. The van der Waals surface area contributed by atoms with Crippen molar-refractivity contribution in [3.05, 3.63) is 105 Å². The van der Waals surface area contributed by atoms with Crippen LogP contribution >= 0.6 is 22.9 Å². The molecule has 0 fully saturated rings. The van der Waals surface area contributed by atoms with Gasteiger partial charge in [-0.25, -0.2) is 4.99 Å². The molecule has 4 rings (SSSR count). The van der Waals surface area contributed by atoms with Crippen molar-refractivity contribution in [2.75, 3.05) is 0 Å². The van der Waals surface area contributed by atoms with Crippen molar-refractivity contribution in [2.45, 2.75) is 19.9 Å². The van der Waals surface area contributed by atoms with Crippen molar-refractivity contribution < 1.29 is 0 Å². The molecular weight excluding hydrogens is 384 g/mol. The Bertz CT molecular complexity index is 1140. The molecule has 4 aromatic rings. The van der Waals surface area contributed by atoms with Crippen LogP contribution in [0.15, 0.2) is 89.2 Å². The quantitative estimate of drug-likeness (QED) is 0.354. The van der Waals surface area contributed by atoms with Gasteiger partial charge < -0.3 is 4.57 Å². The summed E-state index contributed by atoms with van der Waals surface area (Å²) in [4.78, 5) is 5.91. The van der Waals surface area contributed by atoms with Crippen LogP contribution in [-0.2, 0) is 13.0 Å². The predicted octanol–water partition coefficient (Wildman–Crippen LogP) is 6.65. The van der Waals surface area contributed by atoms with E-state index in [-0.39, 0.29) is 0 Å². The highest BCUT2D eigenvalue weighted by atomic mass is 35.5. The van der Waals surface area contributed by atoms with E-state index in [4.69, 9.17) is 16.6 Å². The molecule has 0 N–H and O–H groups in total. The molecule has 2 nitrogen and oxygen atoms in total. The highest BCUT2D eigenvalue weighted by Crippen LogP contribution is 2.28. The van der Waals surface area contributed by atoms with E-state index in [0.29, 0.717) is 0 Å². The summed E-state index contributed by atoms with van der Waals surface area (Å²) in [6, 6.07) is 26.8. The van der Waals surface area contributed by atoms with Gasteiger partial charge in [-0.15, -0.1) is 11.3 Å². The van der Waals surface area contributed by atoms with Gasteiger partial charge in [0.25, 0.3) is 0 Å². The summed E-state index contributed by atoms with van der Waals surface area (Å²) in [7, 11) is 0. The lowest BCUT2D eigenvalue weighted by atomic mass is 10.1. The normalized spacial score (nSPS) is 11.7. The van der Waals surface area contributed by atoms with E-state index in [1.807, 2.05) is 30.3 Å². The summed E-state index contributed by atoms with van der Waals surface area (Å²) >= 11 is 8.15. The number of rotatable bonds is 5. The molecule has 0 aliphatic heterocycles. The van der Waals surface area contributed by atoms with Crippen molar-refractivity contribution in [2.24, 2.45) is 4.99 Å². The van der Waals surface area contributed by atoms with Gasteiger partial charge in [0.1, 0.15) is 0 Å². The van der Waals surface area contributed by atoms with Crippen LogP contribution in [-0.4, -0.2) is 4.57 Å². The third-order valence-electron chi connectivity index (χ3n) is 4.64. The van der Waals surface area contributed by atoms with Crippen molar-refractivity contribution in [1.29, 1.82) is 0 Å². The van der Waals surface area contributed by atoms with E-state index in [9.17, 15) is 0 Å². The first-order chi connectivity index (χ1) is 13.7. The standard InChI is InChI=1S/C24H21ClN2S/c1-18-8-7-11-20(16-18)26-24-27(15-14-19-9-3-2-4-10-19)23(17-28-24)21-12-5-6-13-22(21)25/h2-13,16-17H,14-15H2,1H3. The highest BCUT2D eigenvalue weighted by molar-refractivity contribution is 7.07. The Hall–Kier alpha value is -2.62. The van der Waals surface area contributed by atoms with Gasteiger partial charge in [-0.2, -0.15) is 0 Å². The van der Waals surface area contributed by atoms with Crippen molar-refractivity contribution in [1.82, 2.24) is 4.57 Å². The maximum atomic E-state index is 6.50. The summed E-state index contributed by atoms with van der Waals surface area (Å²) < 4.78 is 2.28. The summed E-state index contributed by atoms with van der Waals surface area (Å²) in [5.41, 5.74) is 5.64. The molecule has 0 aliphatic carbocycles. The van der Waals surface area contributed by atoms with Gasteiger partial charge in [0.15, 0.2) is 4.80 Å². The third-order valence-corrected chi connectivity index (χ3v) is 5.83. The zero-order valence-electron chi connectivity index (χ0n) is 15.7. The van der Waals surface area contributed by atoms with Crippen LogP contribution in [0.1, 0.15) is 11.1 Å². The van der Waals surface area contributed by atoms with Gasteiger partial charge in [-0.05, 0) is 42.7 Å². The molecule has 0 radical (unpaired) electrons. The number of hydrogen-bond acceptors (Lipinski definition) is 2. The van der Waals surface area contributed by atoms with Gasteiger partial charge in [-0.3, -0.25) is 0 Å². The molecule has 0 saturated carbocycles. The fourth-order valence-electron chi connectivity index (χ4n) is 3.21. The van der Waals surface area contributed by atoms with Crippen molar-refractivity contribution >= 4 is 28.6 Å². The second kappa shape index (κ2) is 8.59. The van der Waals surface area contributed by atoms with Crippen LogP contribution < -0.4 is 4.80 Å². The lowest BCUT2D eigenvalue weighted by Crippen LogP contribution is -2.17. The molecule has 0 saturated heterocycles. The van der Waals surface area contributed by atoms with Crippen LogP contribution in [0.4, 0.5) is 5.69 Å². The minimum absolute atomic E-state index is 0.760. The predicted molar refractivity (Wildman–Crippen MR) is 119 cm³/mol. The van der Waals surface area contributed by atoms with Gasteiger partial charge in [-0.1, -0.05) is 72.3 Å². The van der Waals surface area contributed by atoms with Gasteiger partial charge in [0.05, 0.1) is 11.4 Å². The molecule has 140 valence electrons. The Morgan fingerprint density at radius 1 is 0.929 bits per heavy atom. The number of halogens is 1. The molecule has 0 bridgehead atoms. The van der Waals surface area contributed by atoms with Crippen LogP contribution in [0.25, 0.3) is 11.3 Å². The molecule has 3 aromatic carbocycles. The van der Waals surface area contributed by atoms with Crippen molar-refractivity contribution in [3.8, 4) is 11.3 Å². The smallest absolute Gasteiger partial charge is 0.190 e. The van der Waals surface area contributed by atoms with Crippen LogP contribution in [0.3, 0.4) is 0 Å². The SMILES string of the molecule is Cc1cccc(N=c2scc(-c3ccccc3Cl)n2CCc2ccccc2)c1. The lowest BCUT2D eigenvalue weighted by Gasteiger charge is -2.11. The molecular formula is C24H21ClN2S. The van der Waals surface area contributed by atoms with Gasteiger partial charge >= 0.3 is 0 Å². The minimum atomic E-state index is 0.760. The lowest BCUT2D eigenvalue weighted by molar-refractivity contribution is 0.684. The third kappa shape index (κ3) is 4.27. The zero-order chi connectivity index (χ0) is 19.3. The monoisotopic (exact) mass is 404 g/mol. The topological polar surface area (TPSA) is 17.3 Å². The number of benzene rings is 3. The number of thiazole rings is 1. The fraction of sp³-hybridized carbons (Fsp3) is 0.125. The molecule has 1 heterocycles. The first-order valence-electron chi connectivity index (χ1n) is 9.29. The first kappa shape index (κ1) is 18.7. The summed E-state index contributed by atoms with van der Waals surface area (Å²) in [6.45, 7) is 2.94. The Balaban J connectivity index is 1.79. The van der Waals surface area contributed by atoms with Crippen LogP contribution in [0.2, 0.25) is 5.02 Å². The van der Waals surface area contributed by atoms with Crippen LogP contribution in [0, 0.1) is 6.92 Å².